The molecule has 1 unspecified atom stereocenters. The fourth-order valence-electron chi connectivity index (χ4n) is 2.66. The Morgan fingerprint density at radius 2 is 2.24 bits per heavy atom. The van der Waals surface area contributed by atoms with Crippen molar-refractivity contribution in [2.45, 2.75) is 19.5 Å². The van der Waals surface area contributed by atoms with E-state index in [4.69, 9.17) is 10.9 Å². The number of hydrogen-bond donors (Lipinski definition) is 2. The molecule has 0 radical (unpaired) electrons. The highest BCUT2D eigenvalue weighted by Gasteiger charge is 2.23. The molecule has 114 valence electrons. The lowest BCUT2D eigenvalue weighted by Crippen LogP contribution is -2.52. The summed E-state index contributed by atoms with van der Waals surface area (Å²) in [4.78, 5) is 10.3. The first kappa shape index (κ1) is 14.3. The molecule has 0 amide bonds. The second kappa shape index (κ2) is 6.00. The number of thiazole rings is 1. The Balaban J connectivity index is 1.55. The van der Waals surface area contributed by atoms with E-state index >= 15 is 0 Å². The van der Waals surface area contributed by atoms with E-state index in [0.29, 0.717) is 0 Å². The molecular weight excluding hydrogens is 288 g/mol. The topological polar surface area (TPSA) is 82.4 Å². The largest absolute Gasteiger partial charge is 0.409 e. The summed E-state index contributed by atoms with van der Waals surface area (Å²) < 4.78 is 2.07. The van der Waals surface area contributed by atoms with Crippen molar-refractivity contribution in [3.05, 3.63) is 23.5 Å². The van der Waals surface area contributed by atoms with Gasteiger partial charge in [-0.05, 0) is 6.92 Å². The van der Waals surface area contributed by atoms with E-state index < -0.39 is 0 Å². The van der Waals surface area contributed by atoms with Gasteiger partial charge in [-0.15, -0.1) is 11.3 Å². The third-order valence-corrected chi connectivity index (χ3v) is 4.80. The maximum atomic E-state index is 8.75. The van der Waals surface area contributed by atoms with Gasteiger partial charge in [0, 0.05) is 50.5 Å². The van der Waals surface area contributed by atoms with Crippen molar-refractivity contribution in [2.75, 3.05) is 26.2 Å². The molecule has 1 atom stereocenters. The van der Waals surface area contributed by atoms with Crippen molar-refractivity contribution in [1.29, 1.82) is 0 Å². The number of hydrogen-bond acceptors (Lipinski definition) is 6. The summed E-state index contributed by atoms with van der Waals surface area (Å²) in [5.41, 5.74) is 6.78. The Morgan fingerprint density at radius 3 is 2.90 bits per heavy atom. The minimum absolute atomic E-state index is 0.0184. The molecule has 8 heteroatoms. The SMILES string of the molecule is CC(/C(N)=N/O)N1CCN(Cc2cn3ccsc3n2)CC1. The zero-order chi connectivity index (χ0) is 14.8. The smallest absolute Gasteiger partial charge is 0.193 e. The lowest BCUT2D eigenvalue weighted by molar-refractivity contribution is 0.115. The van der Waals surface area contributed by atoms with Crippen LogP contribution >= 0.6 is 11.3 Å². The van der Waals surface area contributed by atoms with Crippen LogP contribution in [-0.2, 0) is 6.54 Å². The van der Waals surface area contributed by atoms with Crippen LogP contribution in [0.3, 0.4) is 0 Å². The second-order valence-corrected chi connectivity index (χ2v) is 6.21. The van der Waals surface area contributed by atoms with Crippen molar-refractivity contribution in [1.82, 2.24) is 19.2 Å². The van der Waals surface area contributed by atoms with E-state index in [2.05, 4.69) is 30.5 Å². The summed E-state index contributed by atoms with van der Waals surface area (Å²) in [6.45, 7) is 6.61. The van der Waals surface area contributed by atoms with Gasteiger partial charge in [-0.25, -0.2) is 4.98 Å². The fourth-order valence-corrected chi connectivity index (χ4v) is 3.38. The minimum Gasteiger partial charge on any atom is -0.409 e. The fraction of sp³-hybridized carbons (Fsp3) is 0.538. The number of aromatic nitrogens is 2. The zero-order valence-corrected chi connectivity index (χ0v) is 12.8. The normalized spacial score (nSPS) is 20.1. The zero-order valence-electron chi connectivity index (χ0n) is 12.0. The molecule has 7 nitrogen and oxygen atoms in total. The first-order valence-corrected chi connectivity index (χ1v) is 7.90. The molecule has 3 rings (SSSR count). The number of nitrogens with zero attached hydrogens (tertiary/aromatic N) is 5. The number of oxime groups is 1. The van der Waals surface area contributed by atoms with Crippen molar-refractivity contribution in [3.8, 4) is 0 Å². The van der Waals surface area contributed by atoms with Crippen molar-refractivity contribution >= 4 is 22.1 Å². The first-order chi connectivity index (χ1) is 10.2. The van der Waals surface area contributed by atoms with Gasteiger partial charge in [-0.2, -0.15) is 0 Å². The molecule has 1 aliphatic heterocycles. The van der Waals surface area contributed by atoms with Gasteiger partial charge in [-0.3, -0.25) is 14.2 Å². The Hall–Kier alpha value is -1.64. The maximum Gasteiger partial charge on any atom is 0.193 e. The van der Waals surface area contributed by atoms with Gasteiger partial charge in [0.1, 0.15) is 0 Å². The molecule has 2 aromatic heterocycles. The van der Waals surface area contributed by atoms with Crippen LogP contribution in [0.4, 0.5) is 0 Å². The van der Waals surface area contributed by atoms with Crippen LogP contribution in [0.2, 0.25) is 0 Å². The molecule has 21 heavy (non-hydrogen) atoms. The quantitative estimate of drug-likeness (QED) is 0.375. The Labute approximate surface area is 127 Å². The van der Waals surface area contributed by atoms with Crippen LogP contribution in [0.1, 0.15) is 12.6 Å². The van der Waals surface area contributed by atoms with Crippen LogP contribution < -0.4 is 5.73 Å². The summed E-state index contributed by atoms with van der Waals surface area (Å²) in [6, 6.07) is -0.0184. The standard InChI is InChI=1S/C13H20N6OS/c1-10(12(14)16-20)18-4-2-17(3-5-18)8-11-9-19-6-7-21-13(19)15-11/h6-7,9-10,20H,2-5,8H2,1H3,(H2,14,16). The van der Waals surface area contributed by atoms with Gasteiger partial charge >= 0.3 is 0 Å². The average Bonchev–Trinajstić information content (AvgIpc) is 3.07. The van der Waals surface area contributed by atoms with Crippen LogP contribution in [0.5, 0.6) is 0 Å². The molecule has 3 N–H and O–H groups in total. The van der Waals surface area contributed by atoms with E-state index in [-0.39, 0.29) is 11.9 Å². The summed E-state index contributed by atoms with van der Waals surface area (Å²) in [7, 11) is 0. The highest BCUT2D eigenvalue weighted by atomic mass is 32.1. The average molecular weight is 308 g/mol. The van der Waals surface area contributed by atoms with Crippen LogP contribution in [0.25, 0.3) is 4.96 Å². The third kappa shape index (κ3) is 3.02. The van der Waals surface area contributed by atoms with Crippen LogP contribution in [-0.4, -0.2) is 62.4 Å². The summed E-state index contributed by atoms with van der Waals surface area (Å²) in [5.74, 6) is 0.276. The number of piperazine rings is 1. The molecule has 0 aliphatic carbocycles. The van der Waals surface area contributed by atoms with Crippen molar-refractivity contribution < 1.29 is 5.21 Å². The lowest BCUT2D eigenvalue weighted by Gasteiger charge is -2.37. The van der Waals surface area contributed by atoms with Crippen LogP contribution in [0, 0.1) is 0 Å². The monoisotopic (exact) mass is 308 g/mol. The number of nitrogens with two attached hydrogens (primary N) is 1. The molecule has 0 spiro atoms. The molecule has 1 fully saturated rings. The highest BCUT2D eigenvalue weighted by molar-refractivity contribution is 7.15. The summed E-state index contributed by atoms with van der Waals surface area (Å²) >= 11 is 1.65. The lowest BCUT2D eigenvalue weighted by atomic mass is 10.2. The van der Waals surface area contributed by atoms with Gasteiger partial charge in [0.2, 0.25) is 0 Å². The Bertz CT molecular complexity index is 599. The van der Waals surface area contributed by atoms with E-state index in [1.807, 2.05) is 18.5 Å². The van der Waals surface area contributed by atoms with E-state index in [9.17, 15) is 0 Å². The maximum absolute atomic E-state index is 8.75. The van der Waals surface area contributed by atoms with E-state index in [0.717, 1.165) is 43.4 Å². The van der Waals surface area contributed by atoms with Gasteiger partial charge in [-0.1, -0.05) is 5.16 Å². The van der Waals surface area contributed by atoms with Crippen LogP contribution in [0.15, 0.2) is 22.9 Å². The number of fused-ring (bicyclic) bond motifs is 1. The Kier molecular flexibility index (Phi) is 4.09. The molecule has 0 bridgehead atoms. The molecule has 1 aliphatic rings. The van der Waals surface area contributed by atoms with Gasteiger partial charge in [0.15, 0.2) is 10.8 Å². The summed E-state index contributed by atoms with van der Waals surface area (Å²) in [5, 5.41) is 13.9. The highest BCUT2D eigenvalue weighted by Crippen LogP contribution is 2.14. The van der Waals surface area contributed by atoms with Gasteiger partial charge in [0.25, 0.3) is 0 Å². The number of rotatable bonds is 4. The first-order valence-electron chi connectivity index (χ1n) is 7.02. The van der Waals surface area contributed by atoms with Crippen molar-refractivity contribution in [3.63, 3.8) is 0 Å². The second-order valence-electron chi connectivity index (χ2n) is 5.34. The van der Waals surface area contributed by atoms with Gasteiger partial charge < -0.3 is 10.9 Å². The minimum atomic E-state index is -0.0184. The molecule has 2 aromatic rings. The van der Waals surface area contributed by atoms with Gasteiger partial charge in [0.05, 0.1) is 11.7 Å². The van der Waals surface area contributed by atoms with E-state index in [1.54, 1.807) is 11.3 Å². The molecule has 0 aromatic carbocycles. The predicted molar refractivity (Wildman–Crippen MR) is 82.8 cm³/mol. The molecule has 3 heterocycles. The molecule has 0 saturated carbocycles. The third-order valence-electron chi connectivity index (χ3n) is 4.03. The number of amidine groups is 1. The Morgan fingerprint density at radius 1 is 1.48 bits per heavy atom. The molecule has 1 saturated heterocycles. The predicted octanol–water partition coefficient (Wildman–Crippen LogP) is 0.648. The molecular formula is C13H20N6OS. The summed E-state index contributed by atoms with van der Waals surface area (Å²) in [6.07, 6.45) is 4.13. The van der Waals surface area contributed by atoms with E-state index in [1.165, 1.54) is 0 Å². The number of imidazole rings is 1. The van der Waals surface area contributed by atoms with Crippen molar-refractivity contribution in [2.24, 2.45) is 10.9 Å².